The number of rotatable bonds is 4. The highest BCUT2D eigenvalue weighted by molar-refractivity contribution is 9.08. The molecule has 86 valence electrons. The third-order valence-electron chi connectivity index (χ3n) is 2.94. The zero-order valence-corrected chi connectivity index (χ0v) is 11.0. The summed E-state index contributed by atoms with van der Waals surface area (Å²) in [6, 6.07) is 8.34. The number of carbonyl (C=O) groups is 1. The van der Waals surface area contributed by atoms with E-state index in [1.165, 1.54) is 18.4 Å². The van der Waals surface area contributed by atoms with Gasteiger partial charge in [0, 0.05) is 23.5 Å². The van der Waals surface area contributed by atoms with Crippen LogP contribution < -0.4 is 0 Å². The molecule has 1 fully saturated rings. The van der Waals surface area contributed by atoms with Gasteiger partial charge >= 0.3 is 0 Å². The molecule has 1 amide bonds. The lowest BCUT2D eigenvalue weighted by Gasteiger charge is -2.20. The van der Waals surface area contributed by atoms with Crippen molar-refractivity contribution in [3.05, 3.63) is 35.4 Å². The summed E-state index contributed by atoms with van der Waals surface area (Å²) in [5.74, 6) is 0.172. The zero-order chi connectivity index (χ0) is 11.5. The van der Waals surface area contributed by atoms with Crippen LogP contribution in [0.2, 0.25) is 0 Å². The number of alkyl halides is 1. The molecule has 0 heterocycles. The number of benzene rings is 1. The SMILES string of the molecule is CCN(C(=O)c1ccc(CBr)cc1)C1CC1. The van der Waals surface area contributed by atoms with E-state index in [-0.39, 0.29) is 5.91 Å². The van der Waals surface area contributed by atoms with Gasteiger partial charge in [0.2, 0.25) is 0 Å². The topological polar surface area (TPSA) is 20.3 Å². The van der Waals surface area contributed by atoms with Crippen LogP contribution in [0.15, 0.2) is 24.3 Å². The Labute approximate surface area is 105 Å². The van der Waals surface area contributed by atoms with Crippen molar-refractivity contribution in [1.82, 2.24) is 4.90 Å². The van der Waals surface area contributed by atoms with Gasteiger partial charge in [-0.2, -0.15) is 0 Å². The Morgan fingerprint density at radius 3 is 2.44 bits per heavy atom. The van der Waals surface area contributed by atoms with Gasteiger partial charge in [-0.25, -0.2) is 0 Å². The van der Waals surface area contributed by atoms with E-state index < -0.39 is 0 Å². The highest BCUT2D eigenvalue weighted by Crippen LogP contribution is 2.27. The molecule has 0 aromatic heterocycles. The largest absolute Gasteiger partial charge is 0.336 e. The van der Waals surface area contributed by atoms with Gasteiger partial charge in [0.1, 0.15) is 0 Å². The number of hydrogen-bond donors (Lipinski definition) is 0. The molecule has 16 heavy (non-hydrogen) atoms. The molecular weight excluding hydrogens is 266 g/mol. The van der Waals surface area contributed by atoms with Crippen LogP contribution in [-0.2, 0) is 5.33 Å². The van der Waals surface area contributed by atoms with E-state index in [0.29, 0.717) is 6.04 Å². The predicted molar refractivity (Wildman–Crippen MR) is 68.8 cm³/mol. The molecular formula is C13H16BrNO. The van der Waals surface area contributed by atoms with Gasteiger partial charge in [-0.15, -0.1) is 0 Å². The van der Waals surface area contributed by atoms with Crippen molar-refractivity contribution in [1.29, 1.82) is 0 Å². The third-order valence-corrected chi connectivity index (χ3v) is 3.59. The fourth-order valence-electron chi connectivity index (χ4n) is 1.86. The molecule has 2 rings (SSSR count). The molecule has 0 atom stereocenters. The van der Waals surface area contributed by atoms with Crippen LogP contribution in [-0.4, -0.2) is 23.4 Å². The molecule has 2 nitrogen and oxygen atoms in total. The molecule has 0 bridgehead atoms. The number of halogens is 1. The zero-order valence-electron chi connectivity index (χ0n) is 9.45. The lowest BCUT2D eigenvalue weighted by molar-refractivity contribution is 0.0752. The average molecular weight is 282 g/mol. The normalized spacial score (nSPS) is 14.9. The number of carbonyl (C=O) groups excluding carboxylic acids is 1. The van der Waals surface area contributed by atoms with Gasteiger partial charge in [-0.3, -0.25) is 4.79 Å². The van der Waals surface area contributed by atoms with E-state index in [1.807, 2.05) is 36.1 Å². The minimum atomic E-state index is 0.172. The van der Waals surface area contributed by atoms with Crippen LogP contribution in [0.5, 0.6) is 0 Å². The number of amides is 1. The average Bonchev–Trinajstić information content (AvgIpc) is 3.14. The molecule has 0 saturated heterocycles. The Hall–Kier alpha value is -0.830. The van der Waals surface area contributed by atoms with E-state index in [9.17, 15) is 4.79 Å². The van der Waals surface area contributed by atoms with Gasteiger partial charge in [0.25, 0.3) is 5.91 Å². The second kappa shape index (κ2) is 5.00. The Bertz CT molecular complexity index is 370. The molecule has 1 aliphatic carbocycles. The predicted octanol–water partition coefficient (Wildman–Crippen LogP) is 3.21. The van der Waals surface area contributed by atoms with Crippen LogP contribution in [0.1, 0.15) is 35.7 Å². The van der Waals surface area contributed by atoms with Gasteiger partial charge in [0.15, 0.2) is 0 Å². The summed E-state index contributed by atoms with van der Waals surface area (Å²) in [6.07, 6.45) is 2.33. The smallest absolute Gasteiger partial charge is 0.254 e. The fraction of sp³-hybridized carbons (Fsp3) is 0.462. The number of nitrogens with zero attached hydrogens (tertiary/aromatic N) is 1. The molecule has 1 aromatic rings. The lowest BCUT2D eigenvalue weighted by Crippen LogP contribution is -2.32. The lowest BCUT2D eigenvalue weighted by atomic mass is 10.1. The van der Waals surface area contributed by atoms with E-state index in [2.05, 4.69) is 15.9 Å². The molecule has 0 spiro atoms. The maximum atomic E-state index is 12.2. The second-order valence-corrected chi connectivity index (χ2v) is 4.71. The van der Waals surface area contributed by atoms with E-state index >= 15 is 0 Å². The van der Waals surface area contributed by atoms with Crippen molar-refractivity contribution in [3.8, 4) is 0 Å². The molecule has 0 N–H and O–H groups in total. The fourth-order valence-corrected chi connectivity index (χ4v) is 2.23. The van der Waals surface area contributed by atoms with E-state index in [1.54, 1.807) is 0 Å². The Morgan fingerprint density at radius 1 is 1.38 bits per heavy atom. The van der Waals surface area contributed by atoms with Gasteiger partial charge in [-0.1, -0.05) is 28.1 Å². The van der Waals surface area contributed by atoms with Crippen molar-refractivity contribution in [2.24, 2.45) is 0 Å². The number of hydrogen-bond acceptors (Lipinski definition) is 1. The maximum absolute atomic E-state index is 12.2. The first-order chi connectivity index (χ1) is 7.76. The summed E-state index contributed by atoms with van der Waals surface area (Å²) in [6.45, 7) is 2.85. The quantitative estimate of drug-likeness (QED) is 0.776. The summed E-state index contributed by atoms with van der Waals surface area (Å²) in [5, 5.41) is 0.835. The van der Waals surface area contributed by atoms with Crippen molar-refractivity contribution >= 4 is 21.8 Å². The summed E-state index contributed by atoms with van der Waals surface area (Å²) in [4.78, 5) is 14.1. The molecule has 1 saturated carbocycles. The van der Waals surface area contributed by atoms with Crippen LogP contribution in [0.4, 0.5) is 0 Å². The maximum Gasteiger partial charge on any atom is 0.254 e. The minimum Gasteiger partial charge on any atom is -0.336 e. The Balaban J connectivity index is 2.12. The highest BCUT2D eigenvalue weighted by atomic mass is 79.9. The van der Waals surface area contributed by atoms with Crippen molar-refractivity contribution < 1.29 is 4.79 Å². The van der Waals surface area contributed by atoms with Gasteiger partial charge in [0.05, 0.1) is 0 Å². The van der Waals surface area contributed by atoms with Crippen molar-refractivity contribution in [3.63, 3.8) is 0 Å². The first-order valence-electron chi connectivity index (χ1n) is 5.72. The minimum absolute atomic E-state index is 0.172. The van der Waals surface area contributed by atoms with Gasteiger partial charge in [-0.05, 0) is 37.5 Å². The van der Waals surface area contributed by atoms with E-state index in [0.717, 1.165) is 17.4 Å². The third kappa shape index (κ3) is 2.46. The Morgan fingerprint density at radius 2 is 2.00 bits per heavy atom. The van der Waals surface area contributed by atoms with Crippen molar-refractivity contribution in [2.75, 3.05) is 6.54 Å². The second-order valence-electron chi connectivity index (χ2n) is 4.15. The molecule has 1 aromatic carbocycles. The van der Waals surface area contributed by atoms with Crippen LogP contribution in [0.25, 0.3) is 0 Å². The summed E-state index contributed by atoms with van der Waals surface area (Å²) in [7, 11) is 0. The molecule has 3 heteroatoms. The van der Waals surface area contributed by atoms with Crippen LogP contribution >= 0.6 is 15.9 Å². The van der Waals surface area contributed by atoms with Gasteiger partial charge < -0.3 is 4.90 Å². The Kier molecular flexibility index (Phi) is 3.64. The molecule has 1 aliphatic rings. The first kappa shape index (κ1) is 11.6. The van der Waals surface area contributed by atoms with Crippen LogP contribution in [0, 0.1) is 0 Å². The summed E-state index contributed by atoms with van der Waals surface area (Å²) >= 11 is 3.40. The molecule has 0 unspecified atom stereocenters. The summed E-state index contributed by atoms with van der Waals surface area (Å²) in [5.41, 5.74) is 2.00. The first-order valence-corrected chi connectivity index (χ1v) is 6.84. The van der Waals surface area contributed by atoms with Crippen LogP contribution in [0.3, 0.4) is 0 Å². The molecule has 0 radical (unpaired) electrons. The monoisotopic (exact) mass is 281 g/mol. The highest BCUT2D eigenvalue weighted by Gasteiger charge is 2.31. The van der Waals surface area contributed by atoms with Crippen molar-refractivity contribution in [2.45, 2.75) is 31.1 Å². The van der Waals surface area contributed by atoms with E-state index in [4.69, 9.17) is 0 Å². The molecule has 0 aliphatic heterocycles. The standard InChI is InChI=1S/C13H16BrNO/c1-2-15(12-7-8-12)13(16)11-5-3-10(9-14)4-6-11/h3-6,12H,2,7-9H2,1H3. The summed E-state index contributed by atoms with van der Waals surface area (Å²) < 4.78 is 0.